The van der Waals surface area contributed by atoms with Crippen molar-refractivity contribution in [2.45, 2.75) is 70.7 Å². The third kappa shape index (κ3) is 3.56. The fourth-order valence-electron chi connectivity index (χ4n) is 2.70. The summed E-state index contributed by atoms with van der Waals surface area (Å²) in [7, 11) is 0. The maximum absolute atomic E-state index is 10.1. The molecular formula is C14H25N3O. The largest absolute Gasteiger partial charge is 0.392 e. The third-order valence-corrected chi connectivity index (χ3v) is 3.79. The summed E-state index contributed by atoms with van der Waals surface area (Å²) < 4.78 is 2.19. The molecule has 1 fully saturated rings. The van der Waals surface area contributed by atoms with Gasteiger partial charge >= 0.3 is 0 Å². The number of aryl methyl sites for hydroxylation is 1. The molecule has 1 heterocycles. The molecule has 0 amide bonds. The van der Waals surface area contributed by atoms with Gasteiger partial charge in [0.25, 0.3) is 0 Å². The lowest BCUT2D eigenvalue weighted by Gasteiger charge is -2.22. The third-order valence-electron chi connectivity index (χ3n) is 3.79. The Morgan fingerprint density at radius 2 is 2.22 bits per heavy atom. The first-order valence-electron chi connectivity index (χ1n) is 7.21. The Balaban J connectivity index is 1.87. The molecule has 2 rings (SSSR count). The molecule has 4 heteroatoms. The zero-order valence-electron chi connectivity index (χ0n) is 11.3. The predicted octanol–water partition coefficient (Wildman–Crippen LogP) is 2.08. The lowest BCUT2D eigenvalue weighted by molar-refractivity contribution is 0.119. The topological polar surface area (TPSA) is 50.1 Å². The smallest absolute Gasteiger partial charge is 0.0948 e. The highest BCUT2D eigenvalue weighted by Gasteiger charge is 2.21. The quantitative estimate of drug-likeness (QED) is 0.788. The summed E-state index contributed by atoms with van der Waals surface area (Å²) in [5.74, 6) is 0. The van der Waals surface area contributed by atoms with E-state index in [0.29, 0.717) is 0 Å². The normalized spacial score (nSPS) is 25.0. The predicted molar refractivity (Wildman–Crippen MR) is 72.2 cm³/mol. The van der Waals surface area contributed by atoms with Gasteiger partial charge in [0.1, 0.15) is 0 Å². The first kappa shape index (κ1) is 13.6. The van der Waals surface area contributed by atoms with Crippen molar-refractivity contribution < 1.29 is 5.11 Å². The average molecular weight is 251 g/mol. The molecule has 2 unspecified atom stereocenters. The second-order valence-corrected chi connectivity index (χ2v) is 5.27. The summed E-state index contributed by atoms with van der Waals surface area (Å²) in [6, 6.07) is 0.248. The van der Waals surface area contributed by atoms with Gasteiger partial charge in [-0.2, -0.15) is 0 Å². The number of imidazole rings is 1. The van der Waals surface area contributed by atoms with Crippen molar-refractivity contribution in [3.05, 3.63) is 18.2 Å². The minimum absolute atomic E-state index is 0.185. The summed E-state index contributed by atoms with van der Waals surface area (Å²) >= 11 is 0. The standard InChI is InChI=1S/C14H25N3O/c1-2-8-17-11-15-9-12(17)10-16-13-6-4-3-5-7-14(13)18/h9,11,13-14,16,18H,2-8,10H2,1H3. The highest BCUT2D eigenvalue weighted by molar-refractivity contribution is 4.98. The van der Waals surface area contributed by atoms with Crippen molar-refractivity contribution in [1.29, 1.82) is 0 Å². The van der Waals surface area contributed by atoms with Crippen LogP contribution < -0.4 is 5.32 Å². The monoisotopic (exact) mass is 251 g/mol. The lowest BCUT2D eigenvalue weighted by Crippen LogP contribution is -2.39. The van der Waals surface area contributed by atoms with E-state index in [9.17, 15) is 5.11 Å². The van der Waals surface area contributed by atoms with E-state index in [1.165, 1.54) is 18.5 Å². The molecule has 1 aromatic rings. The Labute approximate surface area is 109 Å². The van der Waals surface area contributed by atoms with E-state index in [2.05, 4.69) is 21.8 Å². The van der Waals surface area contributed by atoms with Crippen LogP contribution in [0.4, 0.5) is 0 Å². The Morgan fingerprint density at radius 1 is 1.39 bits per heavy atom. The second kappa shape index (κ2) is 6.90. The van der Waals surface area contributed by atoms with Gasteiger partial charge in [-0.15, -0.1) is 0 Å². The highest BCUT2D eigenvalue weighted by atomic mass is 16.3. The maximum atomic E-state index is 10.1. The number of hydrogen-bond donors (Lipinski definition) is 2. The van der Waals surface area contributed by atoms with Crippen molar-refractivity contribution in [3.8, 4) is 0 Å². The van der Waals surface area contributed by atoms with Gasteiger partial charge in [0.2, 0.25) is 0 Å². The van der Waals surface area contributed by atoms with E-state index in [0.717, 1.165) is 38.8 Å². The zero-order valence-corrected chi connectivity index (χ0v) is 11.3. The molecule has 2 N–H and O–H groups in total. The van der Waals surface area contributed by atoms with E-state index in [-0.39, 0.29) is 12.1 Å². The maximum Gasteiger partial charge on any atom is 0.0948 e. The van der Waals surface area contributed by atoms with Crippen LogP contribution in [0.1, 0.15) is 51.1 Å². The van der Waals surface area contributed by atoms with Crippen LogP contribution in [0, 0.1) is 0 Å². The van der Waals surface area contributed by atoms with E-state index in [1.807, 2.05) is 12.5 Å². The highest BCUT2D eigenvalue weighted by Crippen LogP contribution is 2.18. The number of aliphatic hydroxyl groups excluding tert-OH is 1. The fourth-order valence-corrected chi connectivity index (χ4v) is 2.70. The molecule has 102 valence electrons. The molecule has 4 nitrogen and oxygen atoms in total. The molecule has 1 saturated carbocycles. The molecule has 18 heavy (non-hydrogen) atoms. The van der Waals surface area contributed by atoms with Gasteiger partial charge in [0.05, 0.1) is 18.1 Å². The van der Waals surface area contributed by atoms with Crippen LogP contribution in [-0.4, -0.2) is 26.8 Å². The minimum Gasteiger partial charge on any atom is -0.392 e. The van der Waals surface area contributed by atoms with Crippen LogP contribution in [-0.2, 0) is 13.1 Å². The molecular weight excluding hydrogens is 226 g/mol. The summed E-state index contributed by atoms with van der Waals surface area (Å²) in [6.45, 7) is 4.00. The minimum atomic E-state index is -0.185. The summed E-state index contributed by atoms with van der Waals surface area (Å²) in [5.41, 5.74) is 1.22. The lowest BCUT2D eigenvalue weighted by atomic mass is 10.1. The van der Waals surface area contributed by atoms with Crippen molar-refractivity contribution in [1.82, 2.24) is 14.9 Å². The number of aromatic nitrogens is 2. The number of hydrogen-bond acceptors (Lipinski definition) is 3. The second-order valence-electron chi connectivity index (χ2n) is 5.27. The van der Waals surface area contributed by atoms with Gasteiger partial charge < -0.3 is 15.0 Å². The van der Waals surface area contributed by atoms with Crippen molar-refractivity contribution >= 4 is 0 Å². The number of rotatable bonds is 5. The first-order valence-corrected chi connectivity index (χ1v) is 7.21. The Bertz CT molecular complexity index is 351. The molecule has 1 aliphatic rings. The van der Waals surface area contributed by atoms with Crippen molar-refractivity contribution in [2.24, 2.45) is 0 Å². The summed E-state index contributed by atoms with van der Waals surface area (Å²) in [5, 5.41) is 13.6. The molecule has 0 aliphatic heterocycles. The molecule has 1 aliphatic carbocycles. The fraction of sp³-hybridized carbons (Fsp3) is 0.786. The van der Waals surface area contributed by atoms with Crippen LogP contribution in [0.2, 0.25) is 0 Å². The summed E-state index contributed by atoms with van der Waals surface area (Å²) in [4.78, 5) is 4.20. The van der Waals surface area contributed by atoms with Crippen molar-refractivity contribution in [3.63, 3.8) is 0 Å². The van der Waals surface area contributed by atoms with Gasteiger partial charge in [0, 0.05) is 25.3 Å². The molecule has 0 radical (unpaired) electrons. The molecule has 0 spiro atoms. The first-order chi connectivity index (χ1) is 8.81. The Morgan fingerprint density at radius 3 is 3.06 bits per heavy atom. The molecule has 1 aromatic heterocycles. The van der Waals surface area contributed by atoms with Crippen LogP contribution in [0.15, 0.2) is 12.5 Å². The van der Waals surface area contributed by atoms with E-state index in [1.54, 1.807) is 0 Å². The van der Waals surface area contributed by atoms with Crippen LogP contribution in [0.3, 0.4) is 0 Å². The van der Waals surface area contributed by atoms with Crippen LogP contribution in [0.5, 0.6) is 0 Å². The van der Waals surface area contributed by atoms with Gasteiger partial charge in [-0.25, -0.2) is 4.98 Å². The Hall–Kier alpha value is -0.870. The number of aliphatic hydroxyl groups is 1. The molecule has 0 aromatic carbocycles. The van der Waals surface area contributed by atoms with Crippen LogP contribution in [0.25, 0.3) is 0 Å². The number of nitrogens with zero attached hydrogens (tertiary/aromatic N) is 2. The molecule has 2 atom stereocenters. The van der Waals surface area contributed by atoms with Gasteiger partial charge in [-0.3, -0.25) is 0 Å². The SMILES string of the molecule is CCCn1cncc1CNC1CCCCCC1O. The van der Waals surface area contributed by atoms with Crippen molar-refractivity contribution in [2.75, 3.05) is 0 Å². The van der Waals surface area contributed by atoms with E-state index >= 15 is 0 Å². The Kier molecular flexibility index (Phi) is 5.20. The van der Waals surface area contributed by atoms with Crippen LogP contribution >= 0.6 is 0 Å². The number of nitrogens with one attached hydrogen (secondary N) is 1. The average Bonchev–Trinajstić information content (AvgIpc) is 2.70. The van der Waals surface area contributed by atoms with Gasteiger partial charge in [-0.1, -0.05) is 26.2 Å². The molecule has 0 bridgehead atoms. The van der Waals surface area contributed by atoms with Gasteiger partial charge in [-0.05, 0) is 19.3 Å². The van der Waals surface area contributed by atoms with Gasteiger partial charge in [0.15, 0.2) is 0 Å². The van der Waals surface area contributed by atoms with E-state index < -0.39 is 0 Å². The molecule has 0 saturated heterocycles. The van der Waals surface area contributed by atoms with E-state index in [4.69, 9.17) is 0 Å². The summed E-state index contributed by atoms with van der Waals surface area (Å²) in [6.07, 6.45) is 10.4. The zero-order chi connectivity index (χ0) is 12.8.